The monoisotopic (exact) mass is 257 g/mol. The fraction of sp³-hybridized carbons (Fsp3) is 0.538. The summed E-state index contributed by atoms with van der Waals surface area (Å²) in [6, 6.07) is 5.32. The van der Waals surface area contributed by atoms with Gasteiger partial charge in [-0.2, -0.15) is 11.8 Å². The van der Waals surface area contributed by atoms with Gasteiger partial charge in [0, 0.05) is 11.8 Å². The standard InChI is InChI=1S/C13H20FNOS/c1-4-15-10(2)11-5-6-13(12(14)9-11)16-7-8-17-3/h5-6,9-10,15H,4,7-8H2,1-3H3. The van der Waals surface area contributed by atoms with E-state index in [1.54, 1.807) is 23.9 Å². The molecule has 1 rings (SSSR count). The van der Waals surface area contributed by atoms with Crippen LogP contribution in [0.2, 0.25) is 0 Å². The molecule has 0 saturated heterocycles. The van der Waals surface area contributed by atoms with Crippen molar-refractivity contribution in [3.63, 3.8) is 0 Å². The molecule has 0 fully saturated rings. The fourth-order valence-corrected chi connectivity index (χ4v) is 1.81. The molecule has 17 heavy (non-hydrogen) atoms. The molecule has 0 bridgehead atoms. The second-order valence-corrected chi connectivity index (χ2v) is 4.80. The molecule has 4 heteroatoms. The summed E-state index contributed by atoms with van der Waals surface area (Å²) in [6.07, 6.45) is 2.00. The summed E-state index contributed by atoms with van der Waals surface area (Å²) in [7, 11) is 0. The van der Waals surface area contributed by atoms with E-state index < -0.39 is 0 Å². The Balaban J connectivity index is 2.65. The van der Waals surface area contributed by atoms with Gasteiger partial charge in [-0.15, -0.1) is 0 Å². The summed E-state index contributed by atoms with van der Waals surface area (Å²) in [5.41, 5.74) is 0.946. The van der Waals surface area contributed by atoms with Gasteiger partial charge in [0.05, 0.1) is 6.61 Å². The number of nitrogens with one attached hydrogen (secondary N) is 1. The highest BCUT2D eigenvalue weighted by Gasteiger charge is 2.08. The molecule has 0 aliphatic carbocycles. The molecular weight excluding hydrogens is 237 g/mol. The van der Waals surface area contributed by atoms with Crippen LogP contribution in [-0.4, -0.2) is 25.2 Å². The predicted molar refractivity (Wildman–Crippen MR) is 72.4 cm³/mol. The van der Waals surface area contributed by atoms with Crippen molar-refractivity contribution in [3.8, 4) is 5.75 Å². The molecule has 96 valence electrons. The minimum absolute atomic E-state index is 0.162. The van der Waals surface area contributed by atoms with Gasteiger partial charge in [-0.05, 0) is 37.4 Å². The van der Waals surface area contributed by atoms with E-state index in [0.29, 0.717) is 12.4 Å². The van der Waals surface area contributed by atoms with Gasteiger partial charge >= 0.3 is 0 Å². The molecule has 0 aliphatic heterocycles. The molecule has 0 amide bonds. The first-order valence-corrected chi connectivity index (χ1v) is 7.23. The molecule has 1 aromatic carbocycles. The van der Waals surface area contributed by atoms with E-state index in [4.69, 9.17) is 4.74 Å². The minimum Gasteiger partial charge on any atom is -0.490 e. The van der Waals surface area contributed by atoms with Crippen LogP contribution in [0.5, 0.6) is 5.75 Å². The first kappa shape index (κ1) is 14.3. The quantitative estimate of drug-likeness (QED) is 0.758. The lowest BCUT2D eigenvalue weighted by Crippen LogP contribution is -2.17. The zero-order valence-electron chi connectivity index (χ0n) is 10.6. The molecule has 1 N–H and O–H groups in total. The smallest absolute Gasteiger partial charge is 0.165 e. The largest absolute Gasteiger partial charge is 0.490 e. The van der Waals surface area contributed by atoms with Crippen LogP contribution in [0.25, 0.3) is 0 Å². The van der Waals surface area contributed by atoms with Gasteiger partial charge in [0.1, 0.15) is 0 Å². The lowest BCUT2D eigenvalue weighted by molar-refractivity contribution is 0.324. The average Bonchev–Trinajstić information content (AvgIpc) is 2.31. The molecular formula is C13H20FNOS. The number of rotatable bonds is 7. The Bertz CT molecular complexity index is 346. The van der Waals surface area contributed by atoms with Crippen molar-refractivity contribution in [2.24, 2.45) is 0 Å². The van der Waals surface area contributed by atoms with Crippen LogP contribution in [0.1, 0.15) is 25.5 Å². The third kappa shape index (κ3) is 4.56. The number of hydrogen-bond acceptors (Lipinski definition) is 3. The summed E-state index contributed by atoms with van der Waals surface area (Å²) >= 11 is 1.68. The number of halogens is 1. The topological polar surface area (TPSA) is 21.3 Å². The van der Waals surface area contributed by atoms with Crippen molar-refractivity contribution in [2.45, 2.75) is 19.9 Å². The number of ether oxygens (including phenoxy) is 1. The third-order valence-electron chi connectivity index (χ3n) is 2.51. The van der Waals surface area contributed by atoms with Gasteiger partial charge in [0.25, 0.3) is 0 Å². The molecule has 0 saturated carbocycles. The third-order valence-corrected chi connectivity index (χ3v) is 3.09. The Hall–Kier alpha value is -0.740. The summed E-state index contributed by atoms with van der Waals surface area (Å²) in [5.74, 6) is 0.925. The molecule has 2 nitrogen and oxygen atoms in total. The zero-order chi connectivity index (χ0) is 12.7. The lowest BCUT2D eigenvalue weighted by atomic mass is 10.1. The zero-order valence-corrected chi connectivity index (χ0v) is 11.4. The van der Waals surface area contributed by atoms with Gasteiger partial charge in [0.15, 0.2) is 11.6 Å². The molecule has 0 aromatic heterocycles. The van der Waals surface area contributed by atoms with E-state index in [9.17, 15) is 4.39 Å². The molecule has 1 unspecified atom stereocenters. The maximum atomic E-state index is 13.7. The number of hydrogen-bond donors (Lipinski definition) is 1. The number of thioether (sulfide) groups is 1. The Morgan fingerprint density at radius 2 is 2.24 bits per heavy atom. The van der Waals surface area contributed by atoms with E-state index in [0.717, 1.165) is 17.9 Å². The first-order chi connectivity index (χ1) is 8.19. The van der Waals surface area contributed by atoms with Gasteiger partial charge in [-0.1, -0.05) is 13.0 Å². The van der Waals surface area contributed by atoms with E-state index in [1.165, 1.54) is 0 Å². The highest BCUT2D eigenvalue weighted by atomic mass is 32.2. The van der Waals surface area contributed by atoms with E-state index in [2.05, 4.69) is 5.32 Å². The maximum absolute atomic E-state index is 13.7. The van der Waals surface area contributed by atoms with Crippen molar-refractivity contribution in [2.75, 3.05) is 25.2 Å². The van der Waals surface area contributed by atoms with Crippen LogP contribution in [-0.2, 0) is 0 Å². The van der Waals surface area contributed by atoms with E-state index >= 15 is 0 Å². The number of benzene rings is 1. The molecule has 1 aromatic rings. The van der Waals surface area contributed by atoms with Crippen molar-refractivity contribution >= 4 is 11.8 Å². The molecule has 1 atom stereocenters. The van der Waals surface area contributed by atoms with E-state index in [1.807, 2.05) is 26.2 Å². The Morgan fingerprint density at radius 3 is 2.82 bits per heavy atom. The Kier molecular flexibility index (Phi) is 6.37. The molecule has 0 aliphatic rings. The van der Waals surface area contributed by atoms with Crippen LogP contribution < -0.4 is 10.1 Å². The Morgan fingerprint density at radius 1 is 1.47 bits per heavy atom. The Labute approximate surface area is 107 Å². The minimum atomic E-state index is -0.284. The highest BCUT2D eigenvalue weighted by Crippen LogP contribution is 2.22. The normalized spacial score (nSPS) is 12.5. The summed E-state index contributed by atoms with van der Waals surface area (Å²) < 4.78 is 19.1. The highest BCUT2D eigenvalue weighted by molar-refractivity contribution is 7.98. The van der Waals surface area contributed by atoms with Crippen molar-refractivity contribution < 1.29 is 9.13 Å². The predicted octanol–water partition coefficient (Wildman–Crippen LogP) is 3.24. The van der Waals surface area contributed by atoms with Crippen LogP contribution >= 0.6 is 11.8 Å². The molecule has 0 spiro atoms. The van der Waals surface area contributed by atoms with E-state index in [-0.39, 0.29) is 11.9 Å². The van der Waals surface area contributed by atoms with Crippen molar-refractivity contribution in [1.82, 2.24) is 5.32 Å². The first-order valence-electron chi connectivity index (χ1n) is 5.83. The SMILES string of the molecule is CCNC(C)c1ccc(OCCSC)c(F)c1. The lowest BCUT2D eigenvalue weighted by Gasteiger charge is -2.14. The van der Waals surface area contributed by atoms with Gasteiger partial charge in [-0.3, -0.25) is 0 Å². The van der Waals surface area contributed by atoms with Crippen molar-refractivity contribution in [1.29, 1.82) is 0 Å². The van der Waals surface area contributed by atoms with Crippen LogP contribution in [0.4, 0.5) is 4.39 Å². The summed E-state index contributed by atoms with van der Waals surface area (Å²) in [4.78, 5) is 0. The fourth-order valence-electron chi connectivity index (χ4n) is 1.56. The molecule has 0 radical (unpaired) electrons. The van der Waals surface area contributed by atoms with Crippen LogP contribution in [0.3, 0.4) is 0 Å². The van der Waals surface area contributed by atoms with Crippen molar-refractivity contribution in [3.05, 3.63) is 29.6 Å². The van der Waals surface area contributed by atoms with Crippen LogP contribution in [0, 0.1) is 5.82 Å². The maximum Gasteiger partial charge on any atom is 0.165 e. The van der Waals surface area contributed by atoms with Crippen LogP contribution in [0.15, 0.2) is 18.2 Å². The van der Waals surface area contributed by atoms with Gasteiger partial charge in [-0.25, -0.2) is 4.39 Å². The second kappa shape index (κ2) is 7.56. The average molecular weight is 257 g/mol. The molecule has 0 heterocycles. The van der Waals surface area contributed by atoms with Gasteiger partial charge in [0.2, 0.25) is 0 Å². The summed E-state index contributed by atoms with van der Waals surface area (Å²) in [6.45, 7) is 5.47. The van der Waals surface area contributed by atoms with Gasteiger partial charge < -0.3 is 10.1 Å². The summed E-state index contributed by atoms with van der Waals surface area (Å²) in [5, 5.41) is 3.25. The second-order valence-electron chi connectivity index (χ2n) is 3.81.